The molecule has 1 heterocycles. The smallest absolute Gasteiger partial charge is 0.227 e. The number of alkyl halides is 1. The summed E-state index contributed by atoms with van der Waals surface area (Å²) in [6, 6.07) is 3.85. The predicted molar refractivity (Wildman–Crippen MR) is 65.3 cm³/mol. The lowest BCUT2D eigenvalue weighted by atomic mass is 9.95. The van der Waals surface area contributed by atoms with Crippen molar-refractivity contribution in [3.63, 3.8) is 0 Å². The molecule has 1 amide bonds. The first-order valence-electron chi connectivity index (χ1n) is 5.22. The molecule has 1 aromatic rings. The molecule has 16 heavy (non-hydrogen) atoms. The monoisotopic (exact) mass is 240 g/mol. The highest BCUT2D eigenvalue weighted by Gasteiger charge is 2.26. The Hall–Kier alpha value is -1.09. The summed E-state index contributed by atoms with van der Waals surface area (Å²) in [6.45, 7) is 6.06. The molecule has 0 aliphatic carbocycles. The normalized spacial score (nSPS) is 11.2. The molecule has 0 bridgehead atoms. The quantitative estimate of drug-likeness (QED) is 0.821. The molecule has 0 fully saturated rings. The van der Waals surface area contributed by atoms with Crippen molar-refractivity contribution in [1.29, 1.82) is 0 Å². The van der Waals surface area contributed by atoms with Crippen molar-refractivity contribution in [2.45, 2.75) is 27.3 Å². The number of amides is 1. The van der Waals surface area contributed by atoms with Crippen LogP contribution in [0.25, 0.3) is 0 Å². The highest BCUT2D eigenvalue weighted by atomic mass is 35.5. The van der Waals surface area contributed by atoms with Crippen molar-refractivity contribution in [2.75, 3.05) is 5.88 Å². The first kappa shape index (κ1) is 13.0. The second kappa shape index (κ2) is 5.30. The number of pyridine rings is 1. The van der Waals surface area contributed by atoms with E-state index in [1.165, 1.54) is 0 Å². The van der Waals surface area contributed by atoms with Gasteiger partial charge in [-0.2, -0.15) is 0 Å². The standard InChI is InChI=1S/C12H17ClN2O/c1-9-5-4-6-14-10(9)7-15-11(16)12(2,3)8-13/h4-6H,7-8H2,1-3H3,(H,15,16). The Morgan fingerprint density at radius 3 is 2.81 bits per heavy atom. The second-order valence-corrected chi connectivity index (χ2v) is 4.73. The van der Waals surface area contributed by atoms with Crippen molar-refractivity contribution in [1.82, 2.24) is 10.3 Å². The summed E-state index contributed by atoms with van der Waals surface area (Å²) in [6.07, 6.45) is 1.72. The number of carbonyl (C=O) groups is 1. The molecule has 1 rings (SSSR count). The van der Waals surface area contributed by atoms with Gasteiger partial charge < -0.3 is 5.32 Å². The molecule has 1 aromatic heterocycles. The number of hydrogen-bond acceptors (Lipinski definition) is 2. The summed E-state index contributed by atoms with van der Waals surface area (Å²) in [5, 5.41) is 2.85. The zero-order valence-electron chi connectivity index (χ0n) is 9.88. The molecule has 0 spiro atoms. The highest BCUT2D eigenvalue weighted by Crippen LogP contribution is 2.17. The first-order valence-corrected chi connectivity index (χ1v) is 5.75. The molecule has 1 N–H and O–H groups in total. The SMILES string of the molecule is Cc1cccnc1CNC(=O)C(C)(C)CCl. The summed E-state index contributed by atoms with van der Waals surface area (Å²) < 4.78 is 0. The Kier molecular flexibility index (Phi) is 4.30. The minimum absolute atomic E-state index is 0.0486. The van der Waals surface area contributed by atoms with Gasteiger partial charge in [-0.1, -0.05) is 6.07 Å². The van der Waals surface area contributed by atoms with Crippen molar-refractivity contribution in [3.05, 3.63) is 29.6 Å². The van der Waals surface area contributed by atoms with E-state index < -0.39 is 5.41 Å². The van der Waals surface area contributed by atoms with Crippen LogP contribution in [0, 0.1) is 12.3 Å². The molecule has 4 heteroatoms. The van der Waals surface area contributed by atoms with E-state index in [2.05, 4.69) is 10.3 Å². The minimum atomic E-state index is -0.537. The highest BCUT2D eigenvalue weighted by molar-refractivity contribution is 6.19. The Bertz CT molecular complexity index is 377. The second-order valence-electron chi connectivity index (χ2n) is 4.47. The van der Waals surface area contributed by atoms with Gasteiger partial charge in [0, 0.05) is 12.1 Å². The Morgan fingerprint density at radius 2 is 2.25 bits per heavy atom. The van der Waals surface area contributed by atoms with E-state index in [0.717, 1.165) is 11.3 Å². The number of aromatic nitrogens is 1. The number of aryl methyl sites for hydroxylation is 1. The Labute approximate surface area is 101 Å². The lowest BCUT2D eigenvalue weighted by Gasteiger charge is -2.20. The van der Waals surface area contributed by atoms with Crippen LogP contribution in [0.1, 0.15) is 25.1 Å². The first-order chi connectivity index (χ1) is 7.47. The topological polar surface area (TPSA) is 42.0 Å². The van der Waals surface area contributed by atoms with Gasteiger partial charge in [-0.15, -0.1) is 11.6 Å². The molecule has 0 aromatic carbocycles. The zero-order valence-corrected chi connectivity index (χ0v) is 10.6. The number of rotatable bonds is 4. The maximum atomic E-state index is 11.8. The number of nitrogens with one attached hydrogen (secondary N) is 1. The third kappa shape index (κ3) is 3.20. The summed E-state index contributed by atoms with van der Waals surface area (Å²) in [4.78, 5) is 16.0. The predicted octanol–water partition coefficient (Wildman–Crippen LogP) is 2.27. The van der Waals surface area contributed by atoms with Crippen molar-refractivity contribution >= 4 is 17.5 Å². The molecule has 0 saturated heterocycles. The fraction of sp³-hybridized carbons (Fsp3) is 0.500. The van der Waals surface area contributed by atoms with E-state index >= 15 is 0 Å². The van der Waals surface area contributed by atoms with Crippen LogP contribution in [0.3, 0.4) is 0 Å². The van der Waals surface area contributed by atoms with Crippen molar-refractivity contribution in [2.24, 2.45) is 5.41 Å². The van der Waals surface area contributed by atoms with Crippen LogP contribution in [-0.2, 0) is 11.3 Å². The maximum absolute atomic E-state index is 11.8. The van der Waals surface area contributed by atoms with Crippen molar-refractivity contribution in [3.8, 4) is 0 Å². The summed E-state index contributed by atoms with van der Waals surface area (Å²) in [7, 11) is 0. The summed E-state index contributed by atoms with van der Waals surface area (Å²) in [5.41, 5.74) is 1.43. The van der Waals surface area contributed by atoms with E-state index in [0.29, 0.717) is 12.4 Å². The molecule has 0 aliphatic rings. The van der Waals surface area contributed by atoms with Gasteiger partial charge in [-0.25, -0.2) is 0 Å². The van der Waals surface area contributed by atoms with Gasteiger partial charge in [-0.3, -0.25) is 9.78 Å². The molecular formula is C12H17ClN2O. The maximum Gasteiger partial charge on any atom is 0.227 e. The van der Waals surface area contributed by atoms with Gasteiger partial charge in [0.2, 0.25) is 5.91 Å². The van der Waals surface area contributed by atoms with Crippen molar-refractivity contribution < 1.29 is 4.79 Å². The number of nitrogens with zero attached hydrogens (tertiary/aromatic N) is 1. The Balaban J connectivity index is 2.59. The zero-order chi connectivity index (χ0) is 12.2. The van der Waals surface area contributed by atoms with Crippen LogP contribution >= 0.6 is 11.6 Å². The molecule has 0 saturated carbocycles. The molecule has 0 radical (unpaired) electrons. The number of hydrogen-bond donors (Lipinski definition) is 1. The molecule has 0 unspecified atom stereocenters. The van der Waals surface area contributed by atoms with Crippen LogP contribution in [-0.4, -0.2) is 16.8 Å². The summed E-state index contributed by atoms with van der Waals surface area (Å²) in [5.74, 6) is 0.257. The van der Waals surface area contributed by atoms with Gasteiger partial charge >= 0.3 is 0 Å². The fourth-order valence-corrected chi connectivity index (χ4v) is 1.29. The lowest BCUT2D eigenvalue weighted by molar-refractivity contribution is -0.128. The number of halogens is 1. The lowest BCUT2D eigenvalue weighted by Crippen LogP contribution is -2.37. The van der Waals surface area contributed by atoms with E-state index in [4.69, 9.17) is 11.6 Å². The number of carbonyl (C=O) groups excluding carboxylic acids is 1. The summed E-state index contributed by atoms with van der Waals surface area (Å²) >= 11 is 5.72. The van der Waals surface area contributed by atoms with E-state index in [9.17, 15) is 4.79 Å². The molecule has 88 valence electrons. The van der Waals surface area contributed by atoms with Gasteiger partial charge in [-0.05, 0) is 32.4 Å². The van der Waals surface area contributed by atoms with E-state index in [1.807, 2.05) is 32.9 Å². The third-order valence-corrected chi connectivity index (χ3v) is 3.15. The van der Waals surface area contributed by atoms with Crippen LogP contribution in [0.5, 0.6) is 0 Å². The fourth-order valence-electron chi connectivity index (χ4n) is 1.17. The average Bonchev–Trinajstić information content (AvgIpc) is 2.27. The molecule has 0 aliphatic heterocycles. The van der Waals surface area contributed by atoms with Gasteiger partial charge in [0.25, 0.3) is 0 Å². The van der Waals surface area contributed by atoms with E-state index in [-0.39, 0.29) is 5.91 Å². The molecule has 0 atom stereocenters. The van der Waals surface area contributed by atoms with Crippen LogP contribution in [0.2, 0.25) is 0 Å². The average molecular weight is 241 g/mol. The van der Waals surface area contributed by atoms with Gasteiger partial charge in [0.15, 0.2) is 0 Å². The largest absolute Gasteiger partial charge is 0.350 e. The van der Waals surface area contributed by atoms with Crippen LogP contribution < -0.4 is 5.32 Å². The molecular weight excluding hydrogens is 224 g/mol. The minimum Gasteiger partial charge on any atom is -0.350 e. The van der Waals surface area contributed by atoms with Crippen LogP contribution in [0.4, 0.5) is 0 Å². The third-order valence-electron chi connectivity index (χ3n) is 2.48. The Morgan fingerprint density at radius 1 is 1.56 bits per heavy atom. The van der Waals surface area contributed by atoms with Gasteiger partial charge in [0.05, 0.1) is 17.7 Å². The van der Waals surface area contributed by atoms with E-state index in [1.54, 1.807) is 6.20 Å². The molecule has 3 nitrogen and oxygen atoms in total. The van der Waals surface area contributed by atoms with Gasteiger partial charge in [0.1, 0.15) is 0 Å². The van der Waals surface area contributed by atoms with Crippen LogP contribution in [0.15, 0.2) is 18.3 Å².